The van der Waals surface area contributed by atoms with Gasteiger partial charge in [0.1, 0.15) is 5.69 Å². The van der Waals surface area contributed by atoms with Crippen LogP contribution in [-0.4, -0.2) is 9.36 Å². The normalized spacial score (nSPS) is 11.2. The minimum Gasteiger partial charge on any atom is -0.392 e. The molecule has 0 amide bonds. The van der Waals surface area contributed by atoms with Crippen LogP contribution in [0.5, 0.6) is 0 Å². The summed E-state index contributed by atoms with van der Waals surface area (Å²) in [6.07, 6.45) is 2.82. The zero-order valence-electron chi connectivity index (χ0n) is 13.2. The number of nitrogens with two attached hydrogens (primary N) is 1. The molecule has 0 atom stereocenters. The molecule has 114 valence electrons. The van der Waals surface area contributed by atoms with Crippen LogP contribution in [-0.2, 0) is 6.54 Å². The first-order chi connectivity index (χ1) is 10.2. The van der Waals surface area contributed by atoms with Crippen LogP contribution in [0.3, 0.4) is 0 Å². The molecule has 0 spiro atoms. The third kappa shape index (κ3) is 2.75. The van der Waals surface area contributed by atoms with Gasteiger partial charge in [-0.3, -0.25) is 9.48 Å². The molecule has 1 heterocycles. The largest absolute Gasteiger partial charge is 0.392 e. The highest BCUT2D eigenvalue weighted by Gasteiger charge is 2.22. The third-order valence-corrected chi connectivity index (χ3v) is 3.98. The number of anilines is 1. The van der Waals surface area contributed by atoms with Crippen molar-refractivity contribution < 1.29 is 0 Å². The van der Waals surface area contributed by atoms with Gasteiger partial charge in [0.15, 0.2) is 0 Å². The fraction of sp³-hybridized carbons (Fsp3) is 0.471. The number of nitrogen functional groups attached to an aromatic ring is 1. The molecule has 0 unspecified atom stereocenters. The van der Waals surface area contributed by atoms with Gasteiger partial charge in [-0.15, -0.1) is 0 Å². The lowest BCUT2D eigenvalue weighted by Crippen LogP contribution is -2.28. The van der Waals surface area contributed by atoms with E-state index in [2.05, 4.69) is 25.5 Å². The smallest absolute Gasteiger partial charge is 0.290 e. The summed E-state index contributed by atoms with van der Waals surface area (Å²) in [7, 11) is 0. The fourth-order valence-corrected chi connectivity index (χ4v) is 2.91. The zero-order valence-corrected chi connectivity index (χ0v) is 13.2. The summed E-state index contributed by atoms with van der Waals surface area (Å²) in [6.45, 7) is 7.14. The van der Waals surface area contributed by atoms with Gasteiger partial charge >= 0.3 is 0 Å². The van der Waals surface area contributed by atoms with Crippen LogP contribution in [0.1, 0.15) is 46.1 Å². The van der Waals surface area contributed by atoms with Crippen LogP contribution in [0.4, 0.5) is 5.69 Å². The average Bonchev–Trinajstić information content (AvgIpc) is 2.75. The van der Waals surface area contributed by atoms with E-state index in [4.69, 9.17) is 5.73 Å². The zero-order chi connectivity index (χ0) is 15.4. The fourth-order valence-electron chi connectivity index (χ4n) is 2.91. The highest BCUT2D eigenvalue weighted by molar-refractivity contribution is 5.72. The van der Waals surface area contributed by atoms with Crippen molar-refractivity contribution in [2.75, 3.05) is 5.73 Å². The van der Waals surface area contributed by atoms with Gasteiger partial charge in [0.05, 0.1) is 11.7 Å². The molecule has 0 saturated heterocycles. The van der Waals surface area contributed by atoms with Crippen molar-refractivity contribution in [2.45, 2.75) is 52.6 Å². The minimum absolute atomic E-state index is 0.0593. The summed E-state index contributed by atoms with van der Waals surface area (Å²) in [5.74, 6) is 0. The van der Waals surface area contributed by atoms with E-state index >= 15 is 0 Å². The summed E-state index contributed by atoms with van der Waals surface area (Å²) in [5.41, 5.74) is 8.32. The topological polar surface area (TPSA) is 52.9 Å². The molecule has 2 N–H and O–H groups in total. The minimum atomic E-state index is -0.0593. The number of aromatic nitrogens is 2. The standard InChI is InChI=1S/C17H25N3O/c1-4-12-19-16(13-10-8-7-9-11-13)15(18)17(21)20(19)14(5-2)6-3/h7-11,14H,4-6,12,18H2,1-3H3. The van der Waals surface area contributed by atoms with E-state index in [1.807, 2.05) is 35.0 Å². The van der Waals surface area contributed by atoms with E-state index in [1.165, 1.54) is 0 Å². The molecule has 0 aliphatic carbocycles. The van der Waals surface area contributed by atoms with E-state index in [-0.39, 0.29) is 11.6 Å². The summed E-state index contributed by atoms with van der Waals surface area (Å²) in [4.78, 5) is 12.6. The molecule has 4 heteroatoms. The molecular formula is C17H25N3O. The number of hydrogen-bond acceptors (Lipinski definition) is 2. The lowest BCUT2D eigenvalue weighted by molar-refractivity contribution is 0.344. The maximum atomic E-state index is 12.6. The van der Waals surface area contributed by atoms with E-state index in [1.54, 1.807) is 0 Å². The molecule has 4 nitrogen and oxygen atoms in total. The lowest BCUT2D eigenvalue weighted by atomic mass is 10.1. The van der Waals surface area contributed by atoms with Crippen molar-refractivity contribution in [1.82, 2.24) is 9.36 Å². The highest BCUT2D eigenvalue weighted by atomic mass is 16.1. The Morgan fingerprint density at radius 3 is 2.24 bits per heavy atom. The van der Waals surface area contributed by atoms with E-state index in [9.17, 15) is 4.79 Å². The Morgan fingerprint density at radius 2 is 1.71 bits per heavy atom. The Kier molecular flexibility index (Phi) is 4.89. The third-order valence-electron chi connectivity index (χ3n) is 3.98. The Balaban J connectivity index is 2.71. The molecule has 2 aromatic rings. The Labute approximate surface area is 126 Å². The second-order valence-electron chi connectivity index (χ2n) is 5.37. The lowest BCUT2D eigenvalue weighted by Gasteiger charge is -2.20. The van der Waals surface area contributed by atoms with Crippen molar-refractivity contribution in [2.24, 2.45) is 0 Å². The molecular weight excluding hydrogens is 262 g/mol. The van der Waals surface area contributed by atoms with Crippen molar-refractivity contribution >= 4 is 5.69 Å². The molecule has 21 heavy (non-hydrogen) atoms. The van der Waals surface area contributed by atoms with Crippen LogP contribution in [0, 0.1) is 0 Å². The Bertz CT molecular complexity index is 636. The summed E-state index contributed by atoms with van der Waals surface area (Å²) >= 11 is 0. The van der Waals surface area contributed by atoms with E-state index in [0.717, 1.165) is 37.1 Å². The quantitative estimate of drug-likeness (QED) is 0.881. The van der Waals surface area contributed by atoms with Crippen molar-refractivity contribution in [3.63, 3.8) is 0 Å². The highest BCUT2D eigenvalue weighted by Crippen LogP contribution is 2.27. The monoisotopic (exact) mass is 287 g/mol. The maximum absolute atomic E-state index is 12.6. The summed E-state index contributed by atoms with van der Waals surface area (Å²) in [6, 6.07) is 10.1. The second-order valence-corrected chi connectivity index (χ2v) is 5.37. The average molecular weight is 287 g/mol. The van der Waals surface area contributed by atoms with E-state index < -0.39 is 0 Å². The maximum Gasteiger partial charge on any atom is 0.290 e. The van der Waals surface area contributed by atoms with Crippen LogP contribution in [0.25, 0.3) is 11.3 Å². The van der Waals surface area contributed by atoms with Crippen LogP contribution >= 0.6 is 0 Å². The van der Waals surface area contributed by atoms with Gasteiger partial charge in [0, 0.05) is 12.1 Å². The van der Waals surface area contributed by atoms with Crippen molar-refractivity contribution in [3.8, 4) is 11.3 Å². The van der Waals surface area contributed by atoms with Crippen molar-refractivity contribution in [1.29, 1.82) is 0 Å². The SMILES string of the molecule is CCCn1c(-c2ccccc2)c(N)c(=O)n1C(CC)CC. The molecule has 0 bridgehead atoms. The van der Waals surface area contributed by atoms with Gasteiger partial charge in [-0.2, -0.15) is 0 Å². The van der Waals surface area contributed by atoms with Crippen molar-refractivity contribution in [3.05, 3.63) is 40.7 Å². The second kappa shape index (κ2) is 6.66. The van der Waals surface area contributed by atoms with Gasteiger partial charge in [0.25, 0.3) is 5.56 Å². The predicted octanol–water partition coefficient (Wildman–Crippen LogP) is 3.67. The van der Waals surface area contributed by atoms with Gasteiger partial charge in [0.2, 0.25) is 0 Å². The Hall–Kier alpha value is -1.97. The summed E-state index contributed by atoms with van der Waals surface area (Å²) < 4.78 is 3.94. The van der Waals surface area contributed by atoms with Crippen LogP contribution < -0.4 is 11.3 Å². The van der Waals surface area contributed by atoms with E-state index in [0.29, 0.717) is 5.69 Å². The number of nitrogens with zero attached hydrogens (tertiary/aromatic N) is 2. The summed E-state index contributed by atoms with van der Waals surface area (Å²) in [5, 5.41) is 0. The molecule has 2 rings (SSSR count). The first-order valence-electron chi connectivity index (χ1n) is 7.81. The number of hydrogen-bond donors (Lipinski definition) is 1. The van der Waals surface area contributed by atoms with Gasteiger partial charge < -0.3 is 5.73 Å². The first-order valence-corrected chi connectivity index (χ1v) is 7.81. The van der Waals surface area contributed by atoms with Crippen LogP contribution in [0.2, 0.25) is 0 Å². The van der Waals surface area contributed by atoms with Gasteiger partial charge in [-0.25, -0.2) is 4.68 Å². The molecule has 0 aliphatic heterocycles. The molecule has 0 fully saturated rings. The molecule has 1 aromatic heterocycles. The first kappa shape index (κ1) is 15.4. The molecule has 1 aromatic carbocycles. The number of benzene rings is 1. The van der Waals surface area contributed by atoms with Gasteiger partial charge in [-0.1, -0.05) is 51.1 Å². The molecule has 0 saturated carbocycles. The predicted molar refractivity (Wildman–Crippen MR) is 88.5 cm³/mol. The molecule has 0 radical (unpaired) electrons. The van der Waals surface area contributed by atoms with Gasteiger partial charge in [-0.05, 0) is 19.3 Å². The molecule has 0 aliphatic rings. The van der Waals surface area contributed by atoms with Crippen LogP contribution in [0.15, 0.2) is 35.1 Å². The number of rotatable bonds is 6. The Morgan fingerprint density at radius 1 is 1.10 bits per heavy atom.